The first-order valence-electron chi connectivity index (χ1n) is 12.4. The van der Waals surface area contributed by atoms with E-state index in [1.807, 2.05) is 68.4 Å². The lowest BCUT2D eigenvalue weighted by atomic mass is 10.2. The minimum Gasteiger partial charge on any atom is -0.497 e. The number of ether oxygens (including phenoxy) is 2. The lowest BCUT2D eigenvalue weighted by Gasteiger charge is -2.07. The molecule has 4 aromatic rings. The van der Waals surface area contributed by atoms with E-state index in [0.29, 0.717) is 0 Å². The SMILES string of the molecule is CC.CO.COc1ccc(NC(=O)C2CC2)cc1.c1ccc2c(Nc3nccc4c3OCC4)n[nH]c2c1. The van der Waals surface area contributed by atoms with E-state index in [2.05, 4.69) is 25.8 Å². The number of fused-ring (bicyclic) bond motifs is 2. The van der Waals surface area contributed by atoms with Crippen LogP contribution in [0.15, 0.2) is 60.8 Å². The van der Waals surface area contributed by atoms with Crippen molar-refractivity contribution in [2.45, 2.75) is 33.1 Å². The van der Waals surface area contributed by atoms with Crippen LogP contribution in [0.4, 0.5) is 17.3 Å². The van der Waals surface area contributed by atoms with Crippen LogP contribution < -0.4 is 20.1 Å². The van der Waals surface area contributed by atoms with E-state index in [-0.39, 0.29) is 11.8 Å². The first-order valence-corrected chi connectivity index (χ1v) is 12.4. The molecule has 0 bridgehead atoms. The molecule has 196 valence electrons. The molecule has 6 rings (SSSR count). The predicted molar refractivity (Wildman–Crippen MR) is 147 cm³/mol. The lowest BCUT2D eigenvalue weighted by molar-refractivity contribution is -0.117. The zero-order valence-electron chi connectivity index (χ0n) is 21.7. The van der Waals surface area contributed by atoms with Crippen LogP contribution in [0.25, 0.3) is 10.9 Å². The molecule has 37 heavy (non-hydrogen) atoms. The zero-order chi connectivity index (χ0) is 26.6. The van der Waals surface area contributed by atoms with E-state index in [1.165, 1.54) is 5.56 Å². The van der Waals surface area contributed by atoms with Gasteiger partial charge in [-0.25, -0.2) is 4.98 Å². The fourth-order valence-electron chi connectivity index (χ4n) is 3.63. The van der Waals surface area contributed by atoms with Gasteiger partial charge in [-0.3, -0.25) is 9.89 Å². The Morgan fingerprint density at radius 3 is 2.49 bits per heavy atom. The van der Waals surface area contributed by atoms with Gasteiger partial charge in [0.2, 0.25) is 5.91 Å². The van der Waals surface area contributed by atoms with Gasteiger partial charge >= 0.3 is 0 Å². The van der Waals surface area contributed by atoms with Crippen molar-refractivity contribution in [3.8, 4) is 11.5 Å². The smallest absolute Gasteiger partial charge is 0.227 e. The summed E-state index contributed by atoms with van der Waals surface area (Å²) in [6.07, 6.45) is 4.79. The number of pyridine rings is 1. The summed E-state index contributed by atoms with van der Waals surface area (Å²) in [6, 6.07) is 17.3. The van der Waals surface area contributed by atoms with Crippen LogP contribution in [0.3, 0.4) is 0 Å². The zero-order valence-corrected chi connectivity index (χ0v) is 21.7. The van der Waals surface area contributed by atoms with E-state index < -0.39 is 0 Å². The third-order valence-electron chi connectivity index (χ3n) is 5.62. The maximum Gasteiger partial charge on any atom is 0.227 e. The Balaban J connectivity index is 0.000000188. The predicted octanol–water partition coefficient (Wildman–Crippen LogP) is 5.31. The number of nitrogens with zero attached hydrogens (tertiary/aromatic N) is 2. The largest absolute Gasteiger partial charge is 0.497 e. The van der Waals surface area contributed by atoms with Crippen LogP contribution in [0.2, 0.25) is 0 Å². The summed E-state index contributed by atoms with van der Waals surface area (Å²) in [4.78, 5) is 15.7. The number of anilines is 3. The first-order chi connectivity index (χ1) is 18.2. The van der Waals surface area contributed by atoms with Crippen molar-refractivity contribution in [2.75, 3.05) is 31.5 Å². The number of aliphatic hydroxyl groups excluding tert-OH is 1. The van der Waals surface area contributed by atoms with E-state index in [9.17, 15) is 4.79 Å². The van der Waals surface area contributed by atoms with Crippen LogP contribution in [0.5, 0.6) is 11.5 Å². The maximum absolute atomic E-state index is 11.4. The van der Waals surface area contributed by atoms with Crippen molar-refractivity contribution in [1.29, 1.82) is 0 Å². The van der Waals surface area contributed by atoms with Gasteiger partial charge in [-0.05, 0) is 55.3 Å². The van der Waals surface area contributed by atoms with Gasteiger partial charge in [0.25, 0.3) is 0 Å². The Bertz CT molecular complexity index is 1270. The highest BCUT2D eigenvalue weighted by Gasteiger charge is 2.29. The molecule has 0 spiro atoms. The van der Waals surface area contributed by atoms with E-state index in [4.69, 9.17) is 14.6 Å². The topological polar surface area (TPSA) is 121 Å². The molecule has 0 atom stereocenters. The van der Waals surface area contributed by atoms with Crippen molar-refractivity contribution in [2.24, 2.45) is 5.92 Å². The molecular weight excluding hydrogens is 470 g/mol. The van der Waals surface area contributed by atoms with E-state index in [0.717, 1.165) is 72.7 Å². The van der Waals surface area contributed by atoms with Gasteiger partial charge in [0.1, 0.15) is 5.75 Å². The molecule has 9 heteroatoms. The fourth-order valence-corrected chi connectivity index (χ4v) is 3.63. The number of para-hydroxylation sites is 1. The molecule has 2 aromatic heterocycles. The molecule has 1 aliphatic heterocycles. The normalized spacial score (nSPS) is 12.8. The van der Waals surface area contributed by atoms with Gasteiger partial charge in [0.15, 0.2) is 17.4 Å². The number of aliphatic hydroxyl groups is 1. The van der Waals surface area contributed by atoms with Crippen LogP contribution in [-0.2, 0) is 11.2 Å². The van der Waals surface area contributed by atoms with Gasteiger partial charge in [-0.1, -0.05) is 26.0 Å². The van der Waals surface area contributed by atoms with Crippen molar-refractivity contribution in [3.63, 3.8) is 0 Å². The highest BCUT2D eigenvalue weighted by Crippen LogP contribution is 2.34. The summed E-state index contributed by atoms with van der Waals surface area (Å²) in [5.41, 5.74) is 3.03. The first kappa shape index (κ1) is 27.5. The summed E-state index contributed by atoms with van der Waals surface area (Å²) in [5.74, 6) is 3.52. The van der Waals surface area contributed by atoms with Crippen molar-refractivity contribution in [3.05, 3.63) is 66.4 Å². The third kappa shape index (κ3) is 7.20. The van der Waals surface area contributed by atoms with Crippen LogP contribution in [0.1, 0.15) is 32.3 Å². The molecule has 4 N–H and O–H groups in total. The number of aromatic nitrogens is 3. The number of methoxy groups -OCH3 is 1. The van der Waals surface area contributed by atoms with Crippen LogP contribution >= 0.6 is 0 Å². The molecule has 1 amide bonds. The van der Waals surface area contributed by atoms with Gasteiger partial charge in [-0.15, -0.1) is 0 Å². The molecular formula is C28H35N5O4. The summed E-state index contributed by atoms with van der Waals surface area (Å²) in [5, 5.41) is 21.4. The van der Waals surface area contributed by atoms with Gasteiger partial charge in [0.05, 0.1) is 19.2 Å². The lowest BCUT2D eigenvalue weighted by Crippen LogP contribution is -2.12. The standard InChI is InChI=1S/C14H12N4O.C11H13NO2.C2H6.CH4O/c1-2-4-11-10(3-1)13(18-17-11)16-14-12-9(5-7-15-14)6-8-19-12;1-14-10-6-4-9(5-7-10)12-11(13)8-2-3-8;2*1-2/h1-5,7H,6,8H2,(H2,15,16,17,18);4-8H,2-3H2,1H3,(H,12,13);1-2H3;2H,1H3. The molecule has 2 aliphatic rings. The Labute approximate surface area is 217 Å². The minimum absolute atomic E-state index is 0.134. The van der Waals surface area contributed by atoms with E-state index >= 15 is 0 Å². The summed E-state index contributed by atoms with van der Waals surface area (Å²) >= 11 is 0. The number of amides is 1. The van der Waals surface area contributed by atoms with Gasteiger partial charge in [0, 0.05) is 42.3 Å². The van der Waals surface area contributed by atoms with Gasteiger partial charge < -0.3 is 25.2 Å². The van der Waals surface area contributed by atoms with E-state index in [1.54, 1.807) is 13.3 Å². The molecule has 9 nitrogen and oxygen atoms in total. The average Bonchev–Trinajstić information content (AvgIpc) is 3.57. The number of hydrogen-bond acceptors (Lipinski definition) is 7. The molecule has 1 aliphatic carbocycles. The second kappa shape index (κ2) is 13.8. The number of carbonyl (C=O) groups is 1. The van der Waals surface area contributed by atoms with Crippen molar-refractivity contribution in [1.82, 2.24) is 15.2 Å². The molecule has 0 radical (unpaired) electrons. The second-order valence-corrected chi connectivity index (χ2v) is 7.98. The van der Waals surface area contributed by atoms with Crippen LogP contribution in [-0.4, -0.2) is 47.0 Å². The average molecular weight is 506 g/mol. The number of hydrogen-bond donors (Lipinski definition) is 4. The number of nitrogens with one attached hydrogen (secondary N) is 3. The van der Waals surface area contributed by atoms with Crippen LogP contribution in [0, 0.1) is 5.92 Å². The molecule has 1 fully saturated rings. The summed E-state index contributed by atoms with van der Waals surface area (Å²) in [7, 11) is 2.62. The molecule has 2 aromatic carbocycles. The molecule has 0 unspecified atom stereocenters. The Morgan fingerprint density at radius 2 is 1.78 bits per heavy atom. The summed E-state index contributed by atoms with van der Waals surface area (Å²) in [6.45, 7) is 4.72. The van der Waals surface area contributed by atoms with Crippen molar-refractivity contribution < 1.29 is 19.4 Å². The third-order valence-corrected chi connectivity index (χ3v) is 5.62. The summed E-state index contributed by atoms with van der Waals surface area (Å²) < 4.78 is 10.6. The minimum atomic E-state index is 0.134. The number of benzene rings is 2. The Morgan fingerprint density at radius 1 is 1.05 bits per heavy atom. The maximum atomic E-state index is 11.4. The quantitative estimate of drug-likeness (QED) is 0.290. The highest BCUT2D eigenvalue weighted by molar-refractivity contribution is 5.94. The van der Waals surface area contributed by atoms with Gasteiger partial charge in [-0.2, -0.15) is 5.10 Å². The number of rotatable bonds is 5. The number of carbonyl (C=O) groups excluding carboxylic acids is 1. The highest BCUT2D eigenvalue weighted by atomic mass is 16.5. The molecule has 0 saturated heterocycles. The fraction of sp³-hybridized carbons (Fsp3) is 0.321. The monoisotopic (exact) mass is 505 g/mol. The van der Waals surface area contributed by atoms with Crippen molar-refractivity contribution >= 4 is 34.1 Å². The molecule has 1 saturated carbocycles. The number of H-pyrrole nitrogens is 1. The molecule has 3 heterocycles. The Hall–Kier alpha value is -4.11. The Kier molecular flexibility index (Phi) is 10.3. The second-order valence-electron chi connectivity index (χ2n) is 7.98. The number of aromatic amines is 1.